The van der Waals surface area contributed by atoms with Crippen molar-refractivity contribution in [1.29, 1.82) is 0 Å². The largest absolute Gasteiger partial charge is 0.472 e. The van der Waals surface area contributed by atoms with Crippen LogP contribution < -0.4 is 4.74 Å². The molecule has 0 aromatic carbocycles. The van der Waals surface area contributed by atoms with Crippen molar-refractivity contribution in [3.63, 3.8) is 0 Å². The molecule has 0 bridgehead atoms. The van der Waals surface area contributed by atoms with Crippen molar-refractivity contribution in [1.82, 2.24) is 14.8 Å². The van der Waals surface area contributed by atoms with Crippen molar-refractivity contribution in [2.75, 3.05) is 19.6 Å². The highest BCUT2D eigenvalue weighted by Gasteiger charge is 2.34. The average Bonchev–Trinajstić information content (AvgIpc) is 3.11. The minimum Gasteiger partial charge on any atom is -0.472 e. The van der Waals surface area contributed by atoms with E-state index in [-0.39, 0.29) is 43.2 Å². The van der Waals surface area contributed by atoms with Crippen LogP contribution in [0.4, 0.5) is 0 Å². The Morgan fingerprint density at radius 2 is 2.04 bits per heavy atom. The first-order valence-corrected chi connectivity index (χ1v) is 7.73. The number of likely N-dealkylation sites (tertiary alicyclic amines) is 2. The number of imide groups is 1. The fourth-order valence-electron chi connectivity index (χ4n) is 2.78. The van der Waals surface area contributed by atoms with Gasteiger partial charge in [0.25, 0.3) is 0 Å². The molecule has 7 nitrogen and oxygen atoms in total. The molecule has 0 spiro atoms. The van der Waals surface area contributed by atoms with Crippen LogP contribution in [0.1, 0.15) is 24.8 Å². The Morgan fingerprint density at radius 1 is 1.30 bits per heavy atom. The highest BCUT2D eigenvalue weighted by molar-refractivity contribution is 6.04. The molecule has 3 amide bonds. The average molecular weight is 317 g/mol. The van der Waals surface area contributed by atoms with Crippen LogP contribution in [0.25, 0.3) is 0 Å². The van der Waals surface area contributed by atoms with Crippen molar-refractivity contribution in [2.24, 2.45) is 0 Å². The summed E-state index contributed by atoms with van der Waals surface area (Å²) >= 11 is 0. The van der Waals surface area contributed by atoms with E-state index in [9.17, 15) is 14.4 Å². The number of rotatable bonds is 4. The van der Waals surface area contributed by atoms with E-state index in [1.54, 1.807) is 17.2 Å². The molecular weight excluding hydrogens is 298 g/mol. The Balaban J connectivity index is 1.52. The zero-order valence-corrected chi connectivity index (χ0v) is 13.0. The molecule has 7 heteroatoms. The van der Waals surface area contributed by atoms with Crippen LogP contribution in [0.15, 0.2) is 18.3 Å². The molecule has 1 atom stereocenters. The second kappa shape index (κ2) is 6.36. The number of hydrogen-bond donors (Lipinski definition) is 0. The van der Waals surface area contributed by atoms with E-state index in [1.807, 2.05) is 13.0 Å². The minimum atomic E-state index is -0.265. The van der Waals surface area contributed by atoms with E-state index in [0.29, 0.717) is 25.4 Å². The van der Waals surface area contributed by atoms with E-state index in [4.69, 9.17) is 4.74 Å². The molecule has 2 aliphatic rings. The molecule has 23 heavy (non-hydrogen) atoms. The van der Waals surface area contributed by atoms with Gasteiger partial charge in [-0.1, -0.05) is 6.07 Å². The number of ether oxygens (including phenoxy) is 1. The Kier molecular flexibility index (Phi) is 4.27. The van der Waals surface area contributed by atoms with Gasteiger partial charge in [0.05, 0.1) is 6.54 Å². The first-order valence-electron chi connectivity index (χ1n) is 7.73. The molecule has 3 heterocycles. The zero-order chi connectivity index (χ0) is 16.4. The number of carbonyl (C=O) groups is 3. The zero-order valence-electron chi connectivity index (χ0n) is 13.0. The summed E-state index contributed by atoms with van der Waals surface area (Å²) < 4.78 is 5.77. The lowest BCUT2D eigenvalue weighted by molar-refractivity contribution is -0.145. The van der Waals surface area contributed by atoms with Crippen LogP contribution in [-0.4, -0.2) is 58.2 Å². The van der Waals surface area contributed by atoms with Crippen LogP contribution in [0, 0.1) is 6.92 Å². The second-order valence-corrected chi connectivity index (χ2v) is 5.92. The summed E-state index contributed by atoms with van der Waals surface area (Å²) in [6.45, 7) is 2.80. The van der Waals surface area contributed by atoms with E-state index in [0.717, 1.165) is 10.5 Å². The van der Waals surface area contributed by atoms with Crippen molar-refractivity contribution >= 4 is 17.7 Å². The van der Waals surface area contributed by atoms with Gasteiger partial charge in [0.2, 0.25) is 23.6 Å². The fraction of sp³-hybridized carbons (Fsp3) is 0.500. The lowest BCUT2D eigenvalue weighted by atomic mass is 10.3. The maximum Gasteiger partial charge on any atom is 0.242 e. The number of hydrogen-bond acceptors (Lipinski definition) is 5. The molecule has 2 aliphatic heterocycles. The van der Waals surface area contributed by atoms with E-state index in [1.165, 1.54) is 0 Å². The highest BCUT2D eigenvalue weighted by Crippen LogP contribution is 2.18. The minimum absolute atomic E-state index is 0.112. The second-order valence-electron chi connectivity index (χ2n) is 5.92. The number of pyridine rings is 1. The molecule has 2 saturated heterocycles. The Bertz CT molecular complexity index is 613. The maximum absolute atomic E-state index is 12.2. The molecule has 1 aromatic rings. The molecule has 122 valence electrons. The standard InChI is InChI=1S/C16H19N3O4/c1-11-2-3-13(17-8-11)23-12-6-7-18(9-12)16(22)10-19-14(20)4-5-15(19)21/h2-3,8,12H,4-7,9-10H2,1H3/t12-/m0/s1. The summed E-state index contributed by atoms with van der Waals surface area (Å²) in [5, 5.41) is 0. The van der Waals surface area contributed by atoms with Gasteiger partial charge < -0.3 is 9.64 Å². The van der Waals surface area contributed by atoms with Gasteiger partial charge in [-0.2, -0.15) is 0 Å². The van der Waals surface area contributed by atoms with Gasteiger partial charge in [0, 0.05) is 38.1 Å². The quantitative estimate of drug-likeness (QED) is 0.756. The highest BCUT2D eigenvalue weighted by atomic mass is 16.5. The lowest BCUT2D eigenvalue weighted by Crippen LogP contribution is -2.42. The molecule has 3 rings (SSSR count). The van der Waals surface area contributed by atoms with Gasteiger partial charge in [-0.15, -0.1) is 0 Å². The Labute approximate surface area is 134 Å². The van der Waals surface area contributed by atoms with Gasteiger partial charge in [-0.3, -0.25) is 19.3 Å². The topological polar surface area (TPSA) is 79.8 Å². The van der Waals surface area contributed by atoms with Crippen LogP contribution in [0.2, 0.25) is 0 Å². The normalized spacial score (nSPS) is 21.2. The molecule has 0 unspecified atom stereocenters. The third-order valence-corrected chi connectivity index (χ3v) is 4.12. The molecule has 2 fully saturated rings. The number of amides is 3. The maximum atomic E-state index is 12.2. The number of aryl methyl sites for hydroxylation is 1. The summed E-state index contributed by atoms with van der Waals surface area (Å²) in [4.78, 5) is 42.3. The van der Waals surface area contributed by atoms with E-state index in [2.05, 4.69) is 4.98 Å². The monoisotopic (exact) mass is 317 g/mol. The summed E-state index contributed by atoms with van der Waals surface area (Å²) in [6.07, 6.45) is 2.74. The van der Waals surface area contributed by atoms with Crippen LogP contribution in [0.5, 0.6) is 5.88 Å². The summed E-state index contributed by atoms with van der Waals surface area (Å²) in [5.74, 6) is -0.199. The van der Waals surface area contributed by atoms with Crippen molar-refractivity contribution < 1.29 is 19.1 Å². The molecular formula is C16H19N3O4. The number of nitrogens with zero attached hydrogens (tertiary/aromatic N) is 3. The van der Waals surface area contributed by atoms with Crippen LogP contribution >= 0.6 is 0 Å². The third kappa shape index (κ3) is 3.49. The summed E-state index contributed by atoms with van der Waals surface area (Å²) in [7, 11) is 0. The smallest absolute Gasteiger partial charge is 0.242 e. The van der Waals surface area contributed by atoms with Gasteiger partial charge in [-0.05, 0) is 12.5 Å². The first-order chi connectivity index (χ1) is 11.0. The summed E-state index contributed by atoms with van der Waals surface area (Å²) in [6, 6.07) is 3.73. The van der Waals surface area contributed by atoms with Crippen LogP contribution in [0.3, 0.4) is 0 Å². The summed E-state index contributed by atoms with van der Waals surface area (Å²) in [5.41, 5.74) is 1.06. The van der Waals surface area contributed by atoms with Gasteiger partial charge in [0.1, 0.15) is 12.6 Å². The Hall–Kier alpha value is -2.44. The van der Waals surface area contributed by atoms with Gasteiger partial charge >= 0.3 is 0 Å². The number of aromatic nitrogens is 1. The van der Waals surface area contributed by atoms with Crippen molar-refractivity contribution in [3.8, 4) is 5.88 Å². The molecule has 1 aromatic heterocycles. The first kappa shape index (κ1) is 15.5. The van der Waals surface area contributed by atoms with Crippen molar-refractivity contribution in [2.45, 2.75) is 32.3 Å². The SMILES string of the molecule is Cc1ccc(O[C@H]2CCN(C(=O)CN3C(=O)CCC3=O)C2)nc1. The molecule has 0 aliphatic carbocycles. The van der Waals surface area contributed by atoms with E-state index < -0.39 is 0 Å². The molecule has 0 saturated carbocycles. The third-order valence-electron chi connectivity index (χ3n) is 4.12. The van der Waals surface area contributed by atoms with Gasteiger partial charge in [0.15, 0.2) is 0 Å². The Morgan fingerprint density at radius 3 is 2.70 bits per heavy atom. The predicted octanol–water partition coefficient (Wildman–Crippen LogP) is 0.519. The van der Waals surface area contributed by atoms with Crippen LogP contribution in [-0.2, 0) is 14.4 Å². The van der Waals surface area contributed by atoms with Gasteiger partial charge in [-0.25, -0.2) is 4.98 Å². The van der Waals surface area contributed by atoms with E-state index >= 15 is 0 Å². The van der Waals surface area contributed by atoms with Crippen molar-refractivity contribution in [3.05, 3.63) is 23.9 Å². The number of carbonyl (C=O) groups excluding carboxylic acids is 3. The molecule has 0 radical (unpaired) electrons. The lowest BCUT2D eigenvalue weighted by Gasteiger charge is -2.20. The predicted molar refractivity (Wildman–Crippen MR) is 80.5 cm³/mol. The fourth-order valence-corrected chi connectivity index (χ4v) is 2.78. The molecule has 0 N–H and O–H groups in total.